The van der Waals surface area contributed by atoms with Gasteiger partial charge < -0.3 is 9.80 Å². The second kappa shape index (κ2) is 7.83. The zero-order chi connectivity index (χ0) is 20.5. The molecular formula is C22H24N4O2S. The van der Waals surface area contributed by atoms with Crippen LogP contribution in [0.25, 0.3) is 16.3 Å². The minimum atomic E-state index is -0.0523. The molecule has 0 radical (unpaired) electrons. The third-order valence-corrected chi connectivity index (χ3v) is 6.19. The fourth-order valence-electron chi connectivity index (χ4n) is 3.69. The highest BCUT2D eigenvalue weighted by Gasteiger charge is 2.27. The van der Waals surface area contributed by atoms with Crippen molar-refractivity contribution in [1.29, 1.82) is 0 Å². The minimum absolute atomic E-state index is 0.0523. The Morgan fingerprint density at radius 1 is 1.00 bits per heavy atom. The lowest BCUT2D eigenvalue weighted by atomic mass is 10.1. The first-order valence-corrected chi connectivity index (χ1v) is 10.6. The van der Waals surface area contributed by atoms with Gasteiger partial charge >= 0.3 is 0 Å². The molecule has 0 spiro atoms. The number of benzene rings is 1. The molecule has 0 N–H and O–H groups in total. The van der Waals surface area contributed by atoms with Crippen LogP contribution in [0, 0.1) is 13.8 Å². The normalized spacial score (nSPS) is 14.3. The summed E-state index contributed by atoms with van der Waals surface area (Å²) in [6, 6.07) is 12.0. The highest BCUT2D eigenvalue weighted by atomic mass is 32.1. The standard InChI is InChI=1S/C22H24N4O2S/c1-15-6-7-19(16(2)13-15)26-20(14-18(23-26)21-5-4-12-29-21)22(28)25-10-8-24(9-11-25)17(3)27/h4-7,12-14H,8-11H2,1-3H3. The summed E-state index contributed by atoms with van der Waals surface area (Å²) in [5, 5.41) is 6.80. The number of thiophene rings is 1. The van der Waals surface area contributed by atoms with Gasteiger partial charge in [-0.15, -0.1) is 11.3 Å². The summed E-state index contributed by atoms with van der Waals surface area (Å²) in [6.45, 7) is 7.86. The van der Waals surface area contributed by atoms with E-state index in [9.17, 15) is 9.59 Å². The average molecular weight is 409 g/mol. The smallest absolute Gasteiger partial charge is 0.272 e. The maximum absolute atomic E-state index is 13.4. The van der Waals surface area contributed by atoms with Crippen molar-refractivity contribution in [2.75, 3.05) is 26.2 Å². The molecule has 29 heavy (non-hydrogen) atoms. The molecule has 1 aromatic carbocycles. The van der Waals surface area contributed by atoms with Crippen molar-refractivity contribution in [3.05, 3.63) is 58.6 Å². The first kappa shape index (κ1) is 19.4. The number of aromatic nitrogens is 2. The molecule has 4 rings (SSSR count). The largest absolute Gasteiger partial charge is 0.339 e. The summed E-state index contributed by atoms with van der Waals surface area (Å²) < 4.78 is 1.77. The third kappa shape index (κ3) is 3.82. The van der Waals surface area contributed by atoms with Gasteiger partial charge in [0.1, 0.15) is 11.4 Å². The van der Waals surface area contributed by atoms with Gasteiger partial charge in [0.2, 0.25) is 5.91 Å². The molecule has 3 heterocycles. The quantitative estimate of drug-likeness (QED) is 0.666. The van der Waals surface area contributed by atoms with E-state index in [4.69, 9.17) is 5.10 Å². The van der Waals surface area contributed by atoms with Crippen molar-refractivity contribution in [2.45, 2.75) is 20.8 Å². The third-order valence-electron chi connectivity index (χ3n) is 5.29. The van der Waals surface area contributed by atoms with E-state index >= 15 is 0 Å². The van der Waals surface area contributed by atoms with Crippen LogP contribution in [0.4, 0.5) is 0 Å². The highest BCUT2D eigenvalue weighted by Crippen LogP contribution is 2.27. The van der Waals surface area contributed by atoms with E-state index < -0.39 is 0 Å². The highest BCUT2D eigenvalue weighted by molar-refractivity contribution is 7.13. The Balaban J connectivity index is 1.72. The van der Waals surface area contributed by atoms with Crippen molar-refractivity contribution in [3.63, 3.8) is 0 Å². The van der Waals surface area contributed by atoms with E-state index in [1.165, 1.54) is 5.56 Å². The molecule has 6 nitrogen and oxygen atoms in total. The Morgan fingerprint density at radius 2 is 1.72 bits per heavy atom. The van der Waals surface area contributed by atoms with E-state index in [0.29, 0.717) is 31.9 Å². The first-order chi connectivity index (χ1) is 13.9. The molecule has 3 aromatic rings. The maximum atomic E-state index is 13.4. The van der Waals surface area contributed by atoms with Crippen LogP contribution in [0.3, 0.4) is 0 Å². The molecule has 0 atom stereocenters. The second-order valence-corrected chi connectivity index (χ2v) is 8.34. The Kier molecular flexibility index (Phi) is 5.24. The number of carbonyl (C=O) groups excluding carboxylic acids is 2. The van der Waals surface area contributed by atoms with Crippen LogP contribution in [-0.4, -0.2) is 57.6 Å². The van der Waals surface area contributed by atoms with Gasteiger partial charge in [-0.05, 0) is 43.0 Å². The molecule has 7 heteroatoms. The van der Waals surface area contributed by atoms with Gasteiger partial charge in [0.15, 0.2) is 0 Å². The van der Waals surface area contributed by atoms with Gasteiger partial charge in [-0.25, -0.2) is 4.68 Å². The summed E-state index contributed by atoms with van der Waals surface area (Å²) in [5.41, 5.74) is 4.50. The fraction of sp³-hybridized carbons (Fsp3) is 0.318. The van der Waals surface area contributed by atoms with Crippen molar-refractivity contribution >= 4 is 23.2 Å². The topological polar surface area (TPSA) is 58.4 Å². The van der Waals surface area contributed by atoms with Crippen LogP contribution in [-0.2, 0) is 4.79 Å². The fourth-order valence-corrected chi connectivity index (χ4v) is 4.37. The van der Waals surface area contributed by atoms with Gasteiger partial charge in [-0.3, -0.25) is 9.59 Å². The minimum Gasteiger partial charge on any atom is -0.339 e. The summed E-state index contributed by atoms with van der Waals surface area (Å²) >= 11 is 1.61. The average Bonchev–Trinajstić information content (AvgIpc) is 3.37. The van der Waals surface area contributed by atoms with E-state index in [-0.39, 0.29) is 11.8 Å². The molecular weight excluding hydrogens is 384 g/mol. The Hall–Kier alpha value is -2.93. The number of hydrogen-bond donors (Lipinski definition) is 0. The van der Waals surface area contributed by atoms with Crippen molar-refractivity contribution in [1.82, 2.24) is 19.6 Å². The van der Waals surface area contributed by atoms with Crippen molar-refractivity contribution in [2.24, 2.45) is 0 Å². The van der Waals surface area contributed by atoms with Crippen LogP contribution in [0.2, 0.25) is 0 Å². The van der Waals surface area contributed by atoms with E-state index in [2.05, 4.69) is 13.0 Å². The molecule has 0 saturated carbocycles. The van der Waals surface area contributed by atoms with Gasteiger partial charge in [0, 0.05) is 33.1 Å². The predicted octanol–water partition coefficient (Wildman–Crippen LogP) is 3.52. The van der Waals surface area contributed by atoms with Gasteiger partial charge in [0.05, 0.1) is 10.6 Å². The lowest BCUT2D eigenvalue weighted by molar-refractivity contribution is -0.130. The molecule has 1 fully saturated rings. The van der Waals surface area contributed by atoms with E-state index in [1.54, 1.807) is 27.8 Å². The lowest BCUT2D eigenvalue weighted by Gasteiger charge is -2.34. The second-order valence-electron chi connectivity index (χ2n) is 7.39. The SMILES string of the molecule is CC(=O)N1CCN(C(=O)c2cc(-c3cccs3)nn2-c2ccc(C)cc2C)CC1. The maximum Gasteiger partial charge on any atom is 0.272 e. The predicted molar refractivity (Wildman–Crippen MR) is 115 cm³/mol. The molecule has 1 saturated heterocycles. The summed E-state index contributed by atoms with van der Waals surface area (Å²) in [6.07, 6.45) is 0. The number of aryl methyl sites for hydroxylation is 2. The molecule has 150 valence electrons. The van der Waals surface area contributed by atoms with Gasteiger partial charge in [-0.2, -0.15) is 5.10 Å². The number of rotatable bonds is 3. The van der Waals surface area contributed by atoms with Crippen LogP contribution in [0.1, 0.15) is 28.5 Å². The Bertz CT molecular complexity index is 1050. The molecule has 1 aliphatic rings. The Morgan fingerprint density at radius 3 is 2.34 bits per heavy atom. The van der Waals surface area contributed by atoms with Crippen molar-refractivity contribution < 1.29 is 9.59 Å². The van der Waals surface area contributed by atoms with Gasteiger partial charge in [0.25, 0.3) is 5.91 Å². The molecule has 0 aliphatic carbocycles. The van der Waals surface area contributed by atoms with E-state index in [0.717, 1.165) is 21.8 Å². The number of carbonyl (C=O) groups is 2. The molecule has 2 amide bonds. The summed E-state index contributed by atoms with van der Waals surface area (Å²) in [5.74, 6) is 0.000820. The van der Waals surface area contributed by atoms with Crippen molar-refractivity contribution in [3.8, 4) is 16.3 Å². The van der Waals surface area contributed by atoms with Crippen LogP contribution in [0.5, 0.6) is 0 Å². The molecule has 0 bridgehead atoms. The number of piperazine rings is 1. The Labute approximate surface area is 174 Å². The van der Waals surface area contributed by atoms with Gasteiger partial charge in [-0.1, -0.05) is 23.8 Å². The number of hydrogen-bond acceptors (Lipinski definition) is 4. The van der Waals surface area contributed by atoms with E-state index in [1.807, 2.05) is 47.5 Å². The number of amides is 2. The van der Waals surface area contributed by atoms with Crippen LogP contribution >= 0.6 is 11.3 Å². The molecule has 0 unspecified atom stereocenters. The molecule has 1 aliphatic heterocycles. The van der Waals surface area contributed by atoms with Crippen LogP contribution < -0.4 is 0 Å². The van der Waals surface area contributed by atoms with Crippen LogP contribution in [0.15, 0.2) is 41.8 Å². The molecule has 2 aromatic heterocycles. The zero-order valence-corrected chi connectivity index (χ0v) is 17.7. The lowest BCUT2D eigenvalue weighted by Crippen LogP contribution is -2.50. The zero-order valence-electron chi connectivity index (χ0n) is 16.9. The summed E-state index contributed by atoms with van der Waals surface area (Å²) in [4.78, 5) is 29.6. The first-order valence-electron chi connectivity index (χ1n) is 9.70. The number of nitrogens with zero attached hydrogens (tertiary/aromatic N) is 4. The monoisotopic (exact) mass is 408 g/mol. The summed E-state index contributed by atoms with van der Waals surface area (Å²) in [7, 11) is 0.